The number of alkyl halides is 4. The van der Waals surface area contributed by atoms with Crippen LogP contribution in [0.25, 0.3) is 10.9 Å². The van der Waals surface area contributed by atoms with Crippen LogP contribution < -0.4 is 5.32 Å². The minimum absolute atomic E-state index is 0.134. The first-order valence-electron chi connectivity index (χ1n) is 10.9. The lowest BCUT2D eigenvalue weighted by Gasteiger charge is -2.43. The van der Waals surface area contributed by atoms with Gasteiger partial charge in [-0.25, -0.2) is 9.97 Å². The lowest BCUT2D eigenvalue weighted by Crippen LogP contribution is -2.54. The van der Waals surface area contributed by atoms with Gasteiger partial charge in [0.15, 0.2) is 5.60 Å². The number of fused-ring (bicyclic) bond motifs is 2. The molecule has 2 atom stereocenters. The summed E-state index contributed by atoms with van der Waals surface area (Å²) in [6.45, 7) is 1.34. The molecule has 3 N–H and O–H groups in total. The molecule has 3 aromatic rings. The van der Waals surface area contributed by atoms with E-state index in [9.17, 15) is 27.8 Å². The first-order valence-corrected chi connectivity index (χ1v) is 10.9. The predicted octanol–water partition coefficient (Wildman–Crippen LogP) is 5.19. The fourth-order valence-electron chi connectivity index (χ4n) is 4.46. The molecule has 0 saturated heterocycles. The van der Waals surface area contributed by atoms with E-state index < -0.39 is 30.9 Å². The maximum atomic E-state index is 14.1. The second kappa shape index (κ2) is 8.78. The second-order valence-electron chi connectivity index (χ2n) is 8.31. The van der Waals surface area contributed by atoms with Crippen molar-refractivity contribution in [3.8, 4) is 5.75 Å². The van der Waals surface area contributed by atoms with E-state index in [2.05, 4.69) is 15.3 Å². The molecular formula is C24H25F4N3O2. The molecule has 2 aromatic carbocycles. The summed E-state index contributed by atoms with van der Waals surface area (Å²) in [4.78, 5) is 8.68. The maximum Gasteiger partial charge on any atom is 0.419 e. The fourth-order valence-corrected chi connectivity index (χ4v) is 4.46. The molecule has 0 spiro atoms. The van der Waals surface area contributed by atoms with E-state index in [0.717, 1.165) is 0 Å². The summed E-state index contributed by atoms with van der Waals surface area (Å²) in [5.74, 6) is 0.478. The molecule has 0 amide bonds. The average Bonchev–Trinajstić information content (AvgIpc) is 2.79. The second-order valence-corrected chi connectivity index (χ2v) is 8.31. The minimum atomic E-state index is -4.92. The van der Waals surface area contributed by atoms with Crippen molar-refractivity contribution in [2.24, 2.45) is 0 Å². The first-order chi connectivity index (χ1) is 15.7. The van der Waals surface area contributed by atoms with E-state index in [1.807, 2.05) is 6.92 Å². The number of benzene rings is 2. The van der Waals surface area contributed by atoms with Crippen molar-refractivity contribution in [3.05, 3.63) is 59.0 Å². The first kappa shape index (κ1) is 23.2. The van der Waals surface area contributed by atoms with Crippen LogP contribution in [-0.2, 0) is 19.3 Å². The molecular weight excluding hydrogens is 438 g/mol. The SMILES string of the molecule is CCc1ncc2c(N[C@H]3c4ccc(CCCF)c(O)c4CC[C@]3(O)C(F)(F)F)cccc2n1. The largest absolute Gasteiger partial charge is 0.507 e. The Hall–Kier alpha value is -2.94. The number of phenols is 1. The van der Waals surface area contributed by atoms with Crippen molar-refractivity contribution in [2.45, 2.75) is 56.8 Å². The molecule has 0 saturated carbocycles. The monoisotopic (exact) mass is 463 g/mol. The third-order valence-corrected chi connectivity index (χ3v) is 6.31. The number of aromatic hydroxyl groups is 1. The number of rotatable bonds is 6. The Bertz CT molecular complexity index is 1170. The summed E-state index contributed by atoms with van der Waals surface area (Å²) >= 11 is 0. The Labute approximate surface area is 188 Å². The van der Waals surface area contributed by atoms with Crippen LogP contribution in [0.3, 0.4) is 0 Å². The van der Waals surface area contributed by atoms with Gasteiger partial charge in [0.05, 0.1) is 18.2 Å². The van der Waals surface area contributed by atoms with Crippen molar-refractivity contribution in [1.82, 2.24) is 9.97 Å². The van der Waals surface area contributed by atoms with Gasteiger partial charge in [0.2, 0.25) is 0 Å². The zero-order valence-corrected chi connectivity index (χ0v) is 18.1. The van der Waals surface area contributed by atoms with Crippen LogP contribution in [0.4, 0.5) is 23.2 Å². The quantitative estimate of drug-likeness (QED) is 0.439. The topological polar surface area (TPSA) is 78.3 Å². The van der Waals surface area contributed by atoms with E-state index >= 15 is 0 Å². The van der Waals surface area contributed by atoms with Gasteiger partial charge in [-0.05, 0) is 54.5 Å². The summed E-state index contributed by atoms with van der Waals surface area (Å²) in [6, 6.07) is 6.43. The number of halogens is 4. The third-order valence-electron chi connectivity index (χ3n) is 6.31. The van der Waals surface area contributed by atoms with Crippen molar-refractivity contribution in [2.75, 3.05) is 12.0 Å². The van der Waals surface area contributed by atoms with Crippen molar-refractivity contribution in [3.63, 3.8) is 0 Å². The van der Waals surface area contributed by atoms with Gasteiger partial charge in [0.25, 0.3) is 0 Å². The van der Waals surface area contributed by atoms with Crippen LogP contribution in [0.15, 0.2) is 36.5 Å². The Kier molecular flexibility index (Phi) is 6.18. The molecule has 9 heteroatoms. The fraction of sp³-hybridized carbons (Fsp3) is 0.417. The van der Waals surface area contributed by atoms with E-state index in [1.54, 1.807) is 24.4 Å². The van der Waals surface area contributed by atoms with Crippen molar-refractivity contribution >= 4 is 16.6 Å². The Balaban J connectivity index is 1.82. The van der Waals surface area contributed by atoms with E-state index in [4.69, 9.17) is 0 Å². The van der Waals surface area contributed by atoms with E-state index in [1.165, 1.54) is 12.1 Å². The maximum absolute atomic E-state index is 14.1. The number of aliphatic hydroxyl groups is 1. The van der Waals surface area contributed by atoms with Gasteiger partial charge in [-0.2, -0.15) is 13.2 Å². The molecule has 0 aliphatic heterocycles. The lowest BCUT2D eigenvalue weighted by molar-refractivity contribution is -0.270. The number of aryl methyl sites for hydroxylation is 2. The highest BCUT2D eigenvalue weighted by atomic mass is 19.4. The highest BCUT2D eigenvalue weighted by Crippen LogP contribution is 2.51. The molecule has 0 unspecified atom stereocenters. The summed E-state index contributed by atoms with van der Waals surface area (Å²) in [5, 5.41) is 25.0. The van der Waals surface area contributed by atoms with Gasteiger partial charge < -0.3 is 15.5 Å². The van der Waals surface area contributed by atoms with Gasteiger partial charge in [-0.3, -0.25) is 4.39 Å². The summed E-state index contributed by atoms with van der Waals surface area (Å²) in [6.07, 6.45) is -3.05. The normalized spacial score (nSPS) is 20.6. The highest BCUT2D eigenvalue weighted by molar-refractivity contribution is 5.91. The van der Waals surface area contributed by atoms with E-state index in [0.29, 0.717) is 40.0 Å². The van der Waals surface area contributed by atoms with Crippen LogP contribution in [0, 0.1) is 0 Å². The number of phenolic OH excluding ortho intramolecular Hbond substituents is 1. The van der Waals surface area contributed by atoms with Crippen molar-refractivity contribution < 1.29 is 27.8 Å². The van der Waals surface area contributed by atoms with Gasteiger partial charge in [-0.15, -0.1) is 0 Å². The molecule has 0 bridgehead atoms. The molecule has 1 heterocycles. The Morgan fingerprint density at radius 2 is 2.00 bits per heavy atom. The molecule has 5 nitrogen and oxygen atoms in total. The molecule has 1 aromatic heterocycles. The summed E-state index contributed by atoms with van der Waals surface area (Å²) in [7, 11) is 0. The number of aromatic nitrogens is 2. The molecule has 0 radical (unpaired) electrons. The van der Waals surface area contributed by atoms with Crippen LogP contribution in [0.2, 0.25) is 0 Å². The number of nitrogens with zero attached hydrogens (tertiary/aromatic N) is 2. The summed E-state index contributed by atoms with van der Waals surface area (Å²) < 4.78 is 54.9. The van der Waals surface area contributed by atoms with Crippen LogP contribution in [0.5, 0.6) is 5.75 Å². The average molecular weight is 463 g/mol. The molecule has 0 fully saturated rings. The summed E-state index contributed by atoms with van der Waals surface area (Å²) in [5.41, 5.74) is -1.17. The van der Waals surface area contributed by atoms with Gasteiger partial charge in [-0.1, -0.05) is 25.1 Å². The smallest absolute Gasteiger partial charge is 0.419 e. The molecule has 1 aliphatic rings. The zero-order valence-electron chi connectivity index (χ0n) is 18.1. The van der Waals surface area contributed by atoms with Gasteiger partial charge in [0, 0.05) is 23.7 Å². The number of hydrogen-bond acceptors (Lipinski definition) is 5. The third kappa shape index (κ3) is 4.10. The number of nitrogens with one attached hydrogen (secondary N) is 1. The Morgan fingerprint density at radius 1 is 1.21 bits per heavy atom. The van der Waals surface area contributed by atoms with Crippen molar-refractivity contribution in [1.29, 1.82) is 0 Å². The van der Waals surface area contributed by atoms with Crippen LogP contribution in [-0.4, -0.2) is 38.6 Å². The molecule has 4 rings (SSSR count). The highest BCUT2D eigenvalue weighted by Gasteiger charge is 2.60. The van der Waals surface area contributed by atoms with E-state index in [-0.39, 0.29) is 30.6 Å². The number of anilines is 1. The molecule has 1 aliphatic carbocycles. The lowest BCUT2D eigenvalue weighted by atomic mass is 9.74. The predicted molar refractivity (Wildman–Crippen MR) is 117 cm³/mol. The molecule has 33 heavy (non-hydrogen) atoms. The zero-order chi connectivity index (χ0) is 23.8. The van der Waals surface area contributed by atoms with Crippen LogP contribution in [0.1, 0.15) is 48.3 Å². The van der Waals surface area contributed by atoms with Gasteiger partial charge >= 0.3 is 6.18 Å². The van der Waals surface area contributed by atoms with Gasteiger partial charge in [0.1, 0.15) is 11.6 Å². The Morgan fingerprint density at radius 3 is 2.70 bits per heavy atom. The number of hydrogen-bond donors (Lipinski definition) is 3. The standard InChI is InChI=1S/C24H25F4N3O2/c1-2-20-29-13-17-18(30-20)6-3-7-19(17)31-22-16-9-8-14(5-4-12-25)21(32)15(16)10-11-23(22,33)24(26,27)28/h3,6-9,13,22,31-33H,2,4-5,10-12H2,1H3/t22-,23+/m0/s1. The van der Waals surface area contributed by atoms with Crippen LogP contribution >= 0.6 is 0 Å². The minimum Gasteiger partial charge on any atom is -0.507 e. The molecule has 176 valence electrons.